The van der Waals surface area contributed by atoms with Crippen LogP contribution >= 0.6 is 0 Å². The zero-order valence-corrected chi connectivity index (χ0v) is 23.9. The molecule has 3 amide bonds. The second kappa shape index (κ2) is 24.7. The number of nitrogens with two attached hydrogens (primary N) is 2. The fraction of sp³-hybridized carbons (Fsp3) is 0.897. The Morgan fingerprint density at radius 2 is 1.19 bits per heavy atom. The number of aliphatic hydroxyl groups excluding tert-OH is 1. The Morgan fingerprint density at radius 3 is 1.73 bits per heavy atom. The zero-order valence-electron chi connectivity index (χ0n) is 23.9. The van der Waals surface area contributed by atoms with Crippen molar-refractivity contribution in [1.82, 2.24) is 10.6 Å². The second-order valence-corrected chi connectivity index (χ2v) is 10.5. The molecule has 0 bridgehead atoms. The normalized spacial score (nSPS) is 13.6. The van der Waals surface area contributed by atoms with E-state index in [4.69, 9.17) is 11.5 Å². The Kier molecular flexibility index (Phi) is 23.5. The van der Waals surface area contributed by atoms with Gasteiger partial charge in [-0.3, -0.25) is 14.4 Å². The number of aliphatic hydroxyl groups is 1. The third-order valence-corrected chi connectivity index (χ3v) is 6.92. The van der Waals surface area contributed by atoms with Gasteiger partial charge < -0.3 is 27.2 Å². The average molecular weight is 527 g/mol. The first kappa shape index (κ1) is 35.3. The Balaban J connectivity index is 3.98. The lowest BCUT2D eigenvalue weighted by atomic mass is 10.0. The fourth-order valence-corrected chi connectivity index (χ4v) is 4.55. The molecule has 8 heteroatoms. The van der Waals surface area contributed by atoms with Gasteiger partial charge in [-0.15, -0.1) is 0 Å². The summed E-state index contributed by atoms with van der Waals surface area (Å²) in [6.07, 6.45) is 19.0. The van der Waals surface area contributed by atoms with Crippen LogP contribution in [-0.2, 0) is 14.4 Å². The van der Waals surface area contributed by atoms with E-state index in [-0.39, 0.29) is 17.9 Å². The highest BCUT2D eigenvalue weighted by atomic mass is 16.3. The van der Waals surface area contributed by atoms with Crippen molar-refractivity contribution in [3.63, 3.8) is 0 Å². The van der Waals surface area contributed by atoms with E-state index < -0.39 is 18.0 Å². The molecule has 7 N–H and O–H groups in total. The van der Waals surface area contributed by atoms with Crippen LogP contribution in [0, 0.1) is 0 Å². The van der Waals surface area contributed by atoms with E-state index in [2.05, 4.69) is 17.6 Å². The molecule has 0 aromatic carbocycles. The molecule has 0 aliphatic carbocycles. The van der Waals surface area contributed by atoms with Gasteiger partial charge in [0.2, 0.25) is 17.7 Å². The van der Waals surface area contributed by atoms with E-state index in [9.17, 15) is 19.5 Å². The largest absolute Gasteiger partial charge is 0.393 e. The van der Waals surface area contributed by atoms with Crippen molar-refractivity contribution in [3.8, 4) is 0 Å². The maximum atomic E-state index is 12.7. The van der Waals surface area contributed by atoms with Gasteiger partial charge in [-0.05, 0) is 51.5 Å². The molecule has 0 aliphatic rings. The van der Waals surface area contributed by atoms with Crippen molar-refractivity contribution < 1.29 is 19.5 Å². The maximum absolute atomic E-state index is 12.7. The smallest absolute Gasteiger partial charge is 0.243 e. The Morgan fingerprint density at radius 1 is 0.649 bits per heavy atom. The fourth-order valence-electron chi connectivity index (χ4n) is 4.55. The molecule has 3 unspecified atom stereocenters. The second-order valence-electron chi connectivity index (χ2n) is 10.5. The van der Waals surface area contributed by atoms with E-state index >= 15 is 0 Å². The summed E-state index contributed by atoms with van der Waals surface area (Å²) in [6.45, 7) is 4.69. The average Bonchev–Trinajstić information content (AvgIpc) is 2.86. The van der Waals surface area contributed by atoms with Crippen molar-refractivity contribution in [2.75, 3.05) is 6.54 Å². The molecule has 0 heterocycles. The van der Waals surface area contributed by atoms with Crippen LogP contribution in [0.25, 0.3) is 0 Å². The predicted molar refractivity (Wildman–Crippen MR) is 152 cm³/mol. The first-order valence-corrected chi connectivity index (χ1v) is 15.1. The summed E-state index contributed by atoms with van der Waals surface area (Å²) in [6, 6.07) is -1.39. The third-order valence-electron chi connectivity index (χ3n) is 6.92. The molecule has 0 radical (unpaired) electrons. The number of nitrogens with one attached hydrogen (secondary N) is 2. The van der Waals surface area contributed by atoms with Gasteiger partial charge in [0, 0.05) is 6.42 Å². The van der Waals surface area contributed by atoms with Crippen molar-refractivity contribution in [2.45, 2.75) is 160 Å². The minimum Gasteiger partial charge on any atom is -0.393 e. The Hall–Kier alpha value is -1.67. The predicted octanol–water partition coefficient (Wildman–Crippen LogP) is 4.60. The highest BCUT2D eigenvalue weighted by Gasteiger charge is 2.24. The molecule has 0 rings (SSSR count). The lowest BCUT2D eigenvalue weighted by Crippen LogP contribution is -2.52. The molecule has 37 heavy (non-hydrogen) atoms. The summed E-state index contributed by atoms with van der Waals surface area (Å²) in [5.41, 5.74) is 10.9. The summed E-state index contributed by atoms with van der Waals surface area (Å²) in [7, 11) is 0. The van der Waals surface area contributed by atoms with Gasteiger partial charge in [0.1, 0.15) is 12.1 Å². The number of unbranched alkanes of at least 4 members (excludes halogenated alkanes) is 11. The minimum atomic E-state index is -0.740. The van der Waals surface area contributed by atoms with Crippen LogP contribution < -0.4 is 22.1 Å². The lowest BCUT2D eigenvalue weighted by molar-refractivity contribution is -0.131. The van der Waals surface area contributed by atoms with Crippen molar-refractivity contribution in [2.24, 2.45) is 11.5 Å². The summed E-state index contributed by atoms with van der Waals surface area (Å²) in [5.74, 6) is -1.04. The molecule has 0 spiro atoms. The van der Waals surface area contributed by atoms with Gasteiger partial charge in [0.25, 0.3) is 0 Å². The Bertz CT molecular complexity index is 588. The number of carbonyl (C=O) groups is 3. The van der Waals surface area contributed by atoms with Crippen LogP contribution in [0.3, 0.4) is 0 Å². The topological polar surface area (TPSA) is 148 Å². The molecule has 0 aromatic rings. The van der Waals surface area contributed by atoms with Gasteiger partial charge in [-0.2, -0.15) is 0 Å². The summed E-state index contributed by atoms with van der Waals surface area (Å²) < 4.78 is 0. The van der Waals surface area contributed by atoms with Crippen LogP contribution in [0.15, 0.2) is 0 Å². The van der Waals surface area contributed by atoms with Gasteiger partial charge in [-0.1, -0.05) is 90.9 Å². The van der Waals surface area contributed by atoms with Crippen LogP contribution in [-0.4, -0.2) is 47.6 Å². The molecular weight excluding hydrogens is 468 g/mol. The SMILES string of the molecule is CCCCCCC(O)CCCCCCCCCCC(=O)NC(CCC)C(=O)NC(CCCCN)C(N)=O. The highest BCUT2D eigenvalue weighted by Crippen LogP contribution is 2.14. The summed E-state index contributed by atoms with van der Waals surface area (Å²) in [5, 5.41) is 15.6. The van der Waals surface area contributed by atoms with Gasteiger partial charge in [0.05, 0.1) is 6.10 Å². The number of hydrogen-bond acceptors (Lipinski definition) is 5. The van der Waals surface area contributed by atoms with E-state index in [1.54, 1.807) is 0 Å². The maximum Gasteiger partial charge on any atom is 0.243 e. The number of carbonyl (C=O) groups excluding carboxylic acids is 3. The van der Waals surface area contributed by atoms with Crippen LogP contribution in [0.5, 0.6) is 0 Å². The number of rotatable bonds is 26. The zero-order chi connectivity index (χ0) is 27.7. The molecule has 218 valence electrons. The lowest BCUT2D eigenvalue weighted by Gasteiger charge is -2.21. The van der Waals surface area contributed by atoms with Gasteiger partial charge >= 0.3 is 0 Å². The van der Waals surface area contributed by atoms with Crippen molar-refractivity contribution in [3.05, 3.63) is 0 Å². The number of hydrogen-bond donors (Lipinski definition) is 5. The van der Waals surface area contributed by atoms with E-state index in [0.29, 0.717) is 32.2 Å². The molecule has 0 aliphatic heterocycles. The molecule has 0 fully saturated rings. The first-order chi connectivity index (χ1) is 17.8. The molecule has 0 saturated carbocycles. The quantitative estimate of drug-likeness (QED) is 0.104. The molecule has 8 nitrogen and oxygen atoms in total. The molecular formula is C29H58N4O4. The first-order valence-electron chi connectivity index (χ1n) is 15.1. The third kappa shape index (κ3) is 21.0. The van der Waals surface area contributed by atoms with Crippen LogP contribution in [0.2, 0.25) is 0 Å². The highest BCUT2D eigenvalue weighted by molar-refractivity contribution is 5.91. The van der Waals surface area contributed by atoms with Crippen molar-refractivity contribution >= 4 is 17.7 Å². The Labute approximate surface area is 226 Å². The summed E-state index contributed by atoms with van der Waals surface area (Å²) in [4.78, 5) is 36.8. The summed E-state index contributed by atoms with van der Waals surface area (Å²) >= 11 is 0. The number of primary amides is 1. The van der Waals surface area contributed by atoms with Crippen LogP contribution in [0.1, 0.15) is 142 Å². The van der Waals surface area contributed by atoms with E-state index in [0.717, 1.165) is 57.8 Å². The standard InChI is InChI=1S/C29H58N4O4/c1-3-5-6-13-19-24(34)20-14-11-9-7-8-10-12-15-22-27(35)32-26(18-4-2)29(37)33-25(28(31)36)21-16-17-23-30/h24-26,34H,3-23,30H2,1-2H3,(H2,31,36)(H,32,35)(H,33,37). The minimum absolute atomic E-state index is 0.124. The van der Waals surface area contributed by atoms with Crippen LogP contribution in [0.4, 0.5) is 0 Å². The van der Waals surface area contributed by atoms with Gasteiger partial charge in [0.15, 0.2) is 0 Å². The van der Waals surface area contributed by atoms with E-state index in [1.165, 1.54) is 44.9 Å². The number of amides is 3. The molecule has 3 atom stereocenters. The molecule has 0 saturated heterocycles. The molecule has 0 aromatic heterocycles. The monoisotopic (exact) mass is 526 g/mol. The van der Waals surface area contributed by atoms with E-state index in [1.807, 2.05) is 6.92 Å². The van der Waals surface area contributed by atoms with Crippen molar-refractivity contribution in [1.29, 1.82) is 0 Å². The van der Waals surface area contributed by atoms with Gasteiger partial charge in [-0.25, -0.2) is 0 Å².